The van der Waals surface area contributed by atoms with Crippen LogP contribution in [-0.2, 0) is 6.54 Å². The lowest BCUT2D eigenvalue weighted by atomic mass is 9.99. The zero-order chi connectivity index (χ0) is 12.3. The number of piperazine rings is 1. The molecule has 0 unspecified atom stereocenters. The molecule has 0 aliphatic carbocycles. The Balaban J connectivity index is 2.03. The van der Waals surface area contributed by atoms with Crippen LogP contribution >= 0.6 is 0 Å². The summed E-state index contributed by atoms with van der Waals surface area (Å²) in [5.41, 5.74) is 1.18. The molecule has 1 aliphatic heterocycles. The fourth-order valence-electron chi connectivity index (χ4n) is 2.52. The quantitative estimate of drug-likeness (QED) is 0.794. The number of nitrogens with zero attached hydrogens (tertiary/aromatic N) is 3. The third kappa shape index (κ3) is 3.27. The maximum atomic E-state index is 4.43. The summed E-state index contributed by atoms with van der Waals surface area (Å²) in [6.07, 6.45) is 1.88. The van der Waals surface area contributed by atoms with Gasteiger partial charge in [0.2, 0.25) is 0 Å². The highest BCUT2D eigenvalue weighted by Crippen LogP contribution is 2.18. The van der Waals surface area contributed by atoms with Gasteiger partial charge in [0.25, 0.3) is 0 Å². The van der Waals surface area contributed by atoms with E-state index in [9.17, 15) is 0 Å². The summed E-state index contributed by atoms with van der Waals surface area (Å²) >= 11 is 0. The Hall–Kier alpha value is -0.930. The molecule has 0 amide bonds. The van der Waals surface area contributed by atoms with Gasteiger partial charge in [-0.05, 0) is 25.1 Å². The van der Waals surface area contributed by atoms with Crippen molar-refractivity contribution in [1.82, 2.24) is 14.8 Å². The number of rotatable bonds is 3. The van der Waals surface area contributed by atoms with E-state index in [1.54, 1.807) is 0 Å². The van der Waals surface area contributed by atoms with Crippen molar-refractivity contribution in [3.8, 4) is 0 Å². The van der Waals surface area contributed by atoms with Gasteiger partial charge in [0.15, 0.2) is 0 Å². The lowest BCUT2D eigenvalue weighted by Gasteiger charge is -2.42. The minimum absolute atomic E-state index is 0.649. The topological polar surface area (TPSA) is 19.4 Å². The van der Waals surface area contributed by atoms with Gasteiger partial charge >= 0.3 is 0 Å². The molecule has 0 aromatic carbocycles. The summed E-state index contributed by atoms with van der Waals surface area (Å²) < 4.78 is 0. The van der Waals surface area contributed by atoms with Crippen molar-refractivity contribution in [2.75, 3.05) is 26.7 Å². The molecule has 94 valence electrons. The highest BCUT2D eigenvalue weighted by Gasteiger charge is 2.27. The van der Waals surface area contributed by atoms with Crippen LogP contribution in [0.25, 0.3) is 0 Å². The number of hydrogen-bond donors (Lipinski definition) is 0. The molecular weight excluding hydrogens is 210 g/mol. The largest absolute Gasteiger partial charge is 0.304 e. The van der Waals surface area contributed by atoms with Crippen LogP contribution in [0.1, 0.15) is 19.5 Å². The summed E-state index contributed by atoms with van der Waals surface area (Å²) in [4.78, 5) is 9.44. The van der Waals surface area contributed by atoms with E-state index in [0.717, 1.165) is 19.6 Å². The first kappa shape index (κ1) is 12.5. The maximum Gasteiger partial charge on any atom is 0.0544 e. The van der Waals surface area contributed by atoms with E-state index in [1.807, 2.05) is 12.3 Å². The van der Waals surface area contributed by atoms with Crippen LogP contribution in [0.2, 0.25) is 0 Å². The summed E-state index contributed by atoms with van der Waals surface area (Å²) in [5.74, 6) is 0.696. The molecule has 1 aromatic rings. The highest BCUT2D eigenvalue weighted by atomic mass is 15.3. The van der Waals surface area contributed by atoms with E-state index in [-0.39, 0.29) is 0 Å². The van der Waals surface area contributed by atoms with Gasteiger partial charge in [-0.1, -0.05) is 19.9 Å². The Morgan fingerprint density at radius 1 is 1.35 bits per heavy atom. The summed E-state index contributed by atoms with van der Waals surface area (Å²) in [6.45, 7) is 9.10. The van der Waals surface area contributed by atoms with Gasteiger partial charge in [-0.2, -0.15) is 0 Å². The van der Waals surface area contributed by atoms with Crippen LogP contribution in [0.15, 0.2) is 24.4 Å². The first-order valence-electron chi connectivity index (χ1n) is 6.49. The van der Waals surface area contributed by atoms with Gasteiger partial charge in [0.1, 0.15) is 0 Å². The predicted molar refractivity (Wildman–Crippen MR) is 70.8 cm³/mol. The smallest absolute Gasteiger partial charge is 0.0544 e. The number of pyridine rings is 1. The normalized spacial score (nSPS) is 23.2. The standard InChI is InChI=1S/C14H23N3/c1-12(2)14-11-16(3)8-9-17(14)10-13-6-4-5-7-15-13/h4-7,12,14H,8-11H2,1-3H3/t14-/m1/s1. The summed E-state index contributed by atoms with van der Waals surface area (Å²) in [7, 11) is 2.22. The second-order valence-corrected chi connectivity index (χ2v) is 5.37. The summed E-state index contributed by atoms with van der Waals surface area (Å²) in [5, 5.41) is 0. The molecule has 3 nitrogen and oxygen atoms in total. The third-order valence-corrected chi connectivity index (χ3v) is 3.60. The molecular formula is C14H23N3. The maximum absolute atomic E-state index is 4.43. The molecule has 3 heteroatoms. The van der Waals surface area contributed by atoms with Crippen LogP contribution in [0.5, 0.6) is 0 Å². The predicted octanol–water partition coefficient (Wildman–Crippen LogP) is 1.85. The Morgan fingerprint density at radius 3 is 2.82 bits per heavy atom. The molecule has 1 aromatic heterocycles. The lowest BCUT2D eigenvalue weighted by molar-refractivity contribution is 0.0561. The minimum atomic E-state index is 0.649. The molecule has 0 N–H and O–H groups in total. The van der Waals surface area contributed by atoms with Crippen molar-refractivity contribution in [3.05, 3.63) is 30.1 Å². The minimum Gasteiger partial charge on any atom is -0.304 e. The lowest BCUT2D eigenvalue weighted by Crippen LogP contribution is -2.53. The molecule has 0 spiro atoms. The zero-order valence-corrected chi connectivity index (χ0v) is 11.1. The van der Waals surface area contributed by atoms with Crippen molar-refractivity contribution in [2.45, 2.75) is 26.4 Å². The Kier molecular flexibility index (Phi) is 4.13. The van der Waals surface area contributed by atoms with Crippen LogP contribution in [0, 0.1) is 5.92 Å². The van der Waals surface area contributed by atoms with E-state index in [2.05, 4.69) is 47.8 Å². The van der Waals surface area contributed by atoms with E-state index in [0.29, 0.717) is 12.0 Å². The fourth-order valence-corrected chi connectivity index (χ4v) is 2.52. The highest BCUT2D eigenvalue weighted by molar-refractivity contribution is 5.04. The Bertz CT molecular complexity index is 337. The van der Waals surface area contributed by atoms with Gasteiger partial charge < -0.3 is 4.90 Å². The Morgan fingerprint density at radius 2 is 2.18 bits per heavy atom. The molecule has 1 atom stereocenters. The fraction of sp³-hybridized carbons (Fsp3) is 0.643. The van der Waals surface area contributed by atoms with Crippen molar-refractivity contribution < 1.29 is 0 Å². The third-order valence-electron chi connectivity index (χ3n) is 3.60. The first-order valence-corrected chi connectivity index (χ1v) is 6.49. The van der Waals surface area contributed by atoms with Crippen molar-refractivity contribution in [1.29, 1.82) is 0 Å². The van der Waals surface area contributed by atoms with Crippen LogP contribution in [-0.4, -0.2) is 47.5 Å². The SMILES string of the molecule is CC(C)[C@H]1CN(C)CCN1Cc1ccccn1. The molecule has 0 radical (unpaired) electrons. The molecule has 17 heavy (non-hydrogen) atoms. The average Bonchev–Trinajstić information content (AvgIpc) is 2.32. The van der Waals surface area contributed by atoms with Crippen molar-refractivity contribution >= 4 is 0 Å². The molecule has 2 heterocycles. The van der Waals surface area contributed by atoms with Crippen molar-refractivity contribution in [3.63, 3.8) is 0 Å². The van der Waals surface area contributed by atoms with Gasteiger partial charge in [-0.15, -0.1) is 0 Å². The average molecular weight is 233 g/mol. The van der Waals surface area contributed by atoms with E-state index in [4.69, 9.17) is 0 Å². The number of likely N-dealkylation sites (N-methyl/N-ethyl adjacent to an activating group) is 1. The van der Waals surface area contributed by atoms with Gasteiger partial charge in [0, 0.05) is 38.4 Å². The van der Waals surface area contributed by atoms with Crippen LogP contribution in [0.4, 0.5) is 0 Å². The molecule has 1 saturated heterocycles. The van der Waals surface area contributed by atoms with Gasteiger partial charge in [-0.3, -0.25) is 9.88 Å². The van der Waals surface area contributed by atoms with Crippen LogP contribution < -0.4 is 0 Å². The molecule has 2 rings (SSSR count). The number of hydrogen-bond acceptors (Lipinski definition) is 3. The molecule has 0 saturated carbocycles. The van der Waals surface area contributed by atoms with Gasteiger partial charge in [-0.25, -0.2) is 0 Å². The second-order valence-electron chi connectivity index (χ2n) is 5.37. The monoisotopic (exact) mass is 233 g/mol. The van der Waals surface area contributed by atoms with Crippen molar-refractivity contribution in [2.24, 2.45) is 5.92 Å². The van der Waals surface area contributed by atoms with E-state index in [1.165, 1.54) is 12.2 Å². The van der Waals surface area contributed by atoms with Gasteiger partial charge in [0.05, 0.1) is 5.69 Å². The zero-order valence-electron chi connectivity index (χ0n) is 11.1. The molecule has 0 bridgehead atoms. The van der Waals surface area contributed by atoms with E-state index >= 15 is 0 Å². The second kappa shape index (κ2) is 5.61. The summed E-state index contributed by atoms with van der Waals surface area (Å²) in [6, 6.07) is 6.82. The van der Waals surface area contributed by atoms with Crippen LogP contribution in [0.3, 0.4) is 0 Å². The van der Waals surface area contributed by atoms with E-state index < -0.39 is 0 Å². The number of aromatic nitrogens is 1. The Labute approximate surface area is 104 Å². The molecule has 1 fully saturated rings. The molecule has 1 aliphatic rings. The first-order chi connectivity index (χ1) is 8.16.